The molecule has 4 rings (SSSR count). The first-order valence-corrected chi connectivity index (χ1v) is 13.7. The molecule has 8 heteroatoms. The van der Waals surface area contributed by atoms with Gasteiger partial charge in [0, 0.05) is 74.7 Å². The van der Waals surface area contributed by atoms with E-state index >= 15 is 0 Å². The van der Waals surface area contributed by atoms with E-state index in [1.165, 1.54) is 0 Å². The summed E-state index contributed by atoms with van der Waals surface area (Å²) in [6, 6.07) is 14.1. The number of carbonyl (C=O) groups is 2. The number of anilines is 1. The lowest BCUT2D eigenvalue weighted by molar-refractivity contribution is 0.0145. The number of rotatable bonds is 8. The first kappa shape index (κ1) is 28.5. The molecular weight excluding hydrogens is 490 g/mol. The van der Waals surface area contributed by atoms with Crippen molar-refractivity contribution < 1.29 is 14.3 Å². The van der Waals surface area contributed by atoms with Gasteiger partial charge in [0.1, 0.15) is 5.60 Å². The lowest BCUT2D eigenvalue weighted by Gasteiger charge is -2.35. The van der Waals surface area contributed by atoms with E-state index < -0.39 is 5.60 Å². The zero-order chi connectivity index (χ0) is 28.2. The van der Waals surface area contributed by atoms with Gasteiger partial charge in [0.2, 0.25) is 0 Å². The number of aromatic nitrogens is 1. The van der Waals surface area contributed by atoms with Crippen LogP contribution in [0.5, 0.6) is 0 Å². The van der Waals surface area contributed by atoms with Crippen LogP contribution in [0.2, 0.25) is 0 Å². The van der Waals surface area contributed by atoms with Gasteiger partial charge in [0.15, 0.2) is 5.78 Å². The third-order valence-electron chi connectivity index (χ3n) is 7.14. The minimum absolute atomic E-state index is 0.0191. The van der Waals surface area contributed by atoms with Gasteiger partial charge in [0.25, 0.3) is 0 Å². The number of hydrogen-bond donors (Lipinski definition) is 1. The van der Waals surface area contributed by atoms with Gasteiger partial charge in [-0.15, -0.1) is 0 Å². The third kappa shape index (κ3) is 7.13. The Hall–Kier alpha value is -3.49. The van der Waals surface area contributed by atoms with Gasteiger partial charge in [0.05, 0.1) is 5.52 Å². The number of nitrogens with zero attached hydrogens (tertiary/aromatic N) is 4. The summed E-state index contributed by atoms with van der Waals surface area (Å²) in [6.07, 6.45) is 2.56. The van der Waals surface area contributed by atoms with E-state index in [0.29, 0.717) is 25.2 Å². The second-order valence-corrected chi connectivity index (χ2v) is 11.3. The van der Waals surface area contributed by atoms with Crippen molar-refractivity contribution in [1.82, 2.24) is 14.8 Å². The summed E-state index contributed by atoms with van der Waals surface area (Å²) >= 11 is 0. The Morgan fingerprint density at radius 3 is 2.36 bits per heavy atom. The molecule has 0 bridgehead atoms. The molecule has 1 aliphatic heterocycles. The summed E-state index contributed by atoms with van der Waals surface area (Å²) in [5.41, 5.74) is 10.7. The van der Waals surface area contributed by atoms with E-state index in [4.69, 9.17) is 10.5 Å². The number of ketones is 1. The molecule has 1 fully saturated rings. The molecule has 3 aromatic rings. The summed E-state index contributed by atoms with van der Waals surface area (Å²) in [6.45, 7) is 12.7. The first-order chi connectivity index (χ1) is 18.6. The predicted molar refractivity (Wildman–Crippen MR) is 157 cm³/mol. The van der Waals surface area contributed by atoms with Crippen molar-refractivity contribution in [3.8, 4) is 11.1 Å². The molecule has 0 spiro atoms. The van der Waals surface area contributed by atoms with Gasteiger partial charge < -0.3 is 20.3 Å². The van der Waals surface area contributed by atoms with Gasteiger partial charge in [-0.05, 0) is 70.0 Å². The summed E-state index contributed by atoms with van der Waals surface area (Å²) < 4.78 is 5.50. The smallest absolute Gasteiger partial charge is 0.410 e. The maximum absolute atomic E-state index is 12.8. The molecule has 1 aromatic heterocycles. The van der Waals surface area contributed by atoms with Crippen LogP contribution in [0.1, 0.15) is 50.0 Å². The van der Waals surface area contributed by atoms with Crippen molar-refractivity contribution in [3.05, 3.63) is 59.8 Å². The van der Waals surface area contributed by atoms with Crippen LogP contribution in [0.4, 0.5) is 10.5 Å². The van der Waals surface area contributed by atoms with Crippen LogP contribution >= 0.6 is 0 Å². The van der Waals surface area contributed by atoms with Gasteiger partial charge in [-0.3, -0.25) is 14.7 Å². The van der Waals surface area contributed by atoms with Gasteiger partial charge in [-0.25, -0.2) is 4.79 Å². The normalized spacial score (nSPS) is 14.5. The minimum atomic E-state index is -0.472. The fraction of sp³-hybridized carbons (Fsp3) is 0.452. The fourth-order valence-corrected chi connectivity index (χ4v) is 4.98. The second-order valence-electron chi connectivity index (χ2n) is 11.3. The molecule has 2 N–H and O–H groups in total. The van der Waals surface area contributed by atoms with Crippen LogP contribution in [-0.2, 0) is 11.3 Å². The summed E-state index contributed by atoms with van der Waals surface area (Å²) in [7, 11) is 2.08. The molecule has 0 radical (unpaired) electrons. The minimum Gasteiger partial charge on any atom is -0.444 e. The van der Waals surface area contributed by atoms with Crippen LogP contribution in [-0.4, -0.2) is 78.6 Å². The number of carbonyl (C=O) groups excluding carboxylic acids is 2. The van der Waals surface area contributed by atoms with Crippen molar-refractivity contribution in [2.75, 3.05) is 51.2 Å². The number of ether oxygens (including phenoxy) is 1. The van der Waals surface area contributed by atoms with Crippen LogP contribution in [0.25, 0.3) is 22.0 Å². The van der Waals surface area contributed by atoms with Crippen molar-refractivity contribution in [1.29, 1.82) is 0 Å². The quantitative estimate of drug-likeness (QED) is 0.412. The standard InChI is InChI=1S/C31H41N5O3/c1-22(37)29-26-19-25(11-12-28(26)33-21-27(29)24-9-7-23(20-32)8-10-24)34(5)13-6-14-35-15-17-36(18-16-35)30(38)39-31(2,3)4/h7-12,19,21H,6,13-18,20,32H2,1-5H3. The molecule has 0 unspecified atom stereocenters. The van der Waals surface area contributed by atoms with E-state index in [1.807, 2.05) is 51.1 Å². The lowest BCUT2D eigenvalue weighted by atomic mass is 9.94. The fourth-order valence-electron chi connectivity index (χ4n) is 4.98. The van der Waals surface area contributed by atoms with Crippen molar-refractivity contribution in [3.63, 3.8) is 0 Å². The van der Waals surface area contributed by atoms with E-state index in [1.54, 1.807) is 18.0 Å². The van der Waals surface area contributed by atoms with Crippen molar-refractivity contribution in [2.24, 2.45) is 5.73 Å². The number of fused-ring (bicyclic) bond motifs is 1. The average Bonchev–Trinajstić information content (AvgIpc) is 2.91. The first-order valence-electron chi connectivity index (χ1n) is 13.7. The maximum atomic E-state index is 12.8. The Balaban J connectivity index is 1.40. The number of amides is 1. The molecule has 0 aliphatic carbocycles. The molecule has 0 atom stereocenters. The summed E-state index contributed by atoms with van der Waals surface area (Å²) in [5, 5.41) is 0.866. The number of pyridine rings is 1. The van der Waals surface area contributed by atoms with Gasteiger partial charge in [-0.2, -0.15) is 0 Å². The number of piperazine rings is 1. The van der Waals surface area contributed by atoms with E-state index in [9.17, 15) is 9.59 Å². The molecule has 0 saturated carbocycles. The molecule has 2 aromatic carbocycles. The molecule has 2 heterocycles. The van der Waals surface area contributed by atoms with E-state index in [0.717, 1.165) is 65.9 Å². The van der Waals surface area contributed by atoms with Crippen LogP contribution in [0.15, 0.2) is 48.7 Å². The zero-order valence-corrected chi connectivity index (χ0v) is 23.9. The lowest BCUT2D eigenvalue weighted by Crippen LogP contribution is -2.50. The van der Waals surface area contributed by atoms with Gasteiger partial charge >= 0.3 is 6.09 Å². The number of nitrogens with two attached hydrogens (primary N) is 1. The molecule has 39 heavy (non-hydrogen) atoms. The van der Waals surface area contributed by atoms with Gasteiger partial charge in [-0.1, -0.05) is 24.3 Å². The SMILES string of the molecule is CC(=O)c1c(-c2ccc(CN)cc2)cnc2ccc(N(C)CCCN3CCN(C(=O)OC(C)(C)C)CC3)cc12. The Labute approximate surface area is 231 Å². The van der Waals surface area contributed by atoms with Crippen molar-refractivity contribution in [2.45, 2.75) is 46.3 Å². The van der Waals surface area contributed by atoms with Crippen LogP contribution < -0.4 is 10.6 Å². The molecule has 1 aliphatic rings. The molecule has 208 valence electrons. The molecular formula is C31H41N5O3. The third-order valence-corrected chi connectivity index (χ3v) is 7.14. The Kier molecular flexibility index (Phi) is 8.87. The molecule has 8 nitrogen and oxygen atoms in total. The highest BCUT2D eigenvalue weighted by Gasteiger charge is 2.25. The highest BCUT2D eigenvalue weighted by atomic mass is 16.6. The predicted octanol–water partition coefficient (Wildman–Crippen LogP) is 4.94. The molecule has 1 saturated heterocycles. The largest absolute Gasteiger partial charge is 0.444 e. The average molecular weight is 532 g/mol. The number of benzene rings is 2. The topological polar surface area (TPSA) is 92.0 Å². The van der Waals surface area contributed by atoms with E-state index in [2.05, 4.69) is 34.0 Å². The summed E-state index contributed by atoms with van der Waals surface area (Å²) in [5.74, 6) is 0.0191. The Morgan fingerprint density at radius 2 is 1.74 bits per heavy atom. The second kappa shape index (κ2) is 12.1. The van der Waals surface area contributed by atoms with Crippen LogP contribution in [0.3, 0.4) is 0 Å². The number of Topliss-reactive ketones (excluding diaryl/α,β-unsaturated/α-hetero) is 1. The van der Waals surface area contributed by atoms with Crippen molar-refractivity contribution >= 4 is 28.5 Å². The monoisotopic (exact) mass is 531 g/mol. The summed E-state index contributed by atoms with van der Waals surface area (Å²) in [4.78, 5) is 36.2. The maximum Gasteiger partial charge on any atom is 0.410 e. The zero-order valence-electron chi connectivity index (χ0n) is 23.9. The number of hydrogen-bond acceptors (Lipinski definition) is 7. The van der Waals surface area contributed by atoms with E-state index in [-0.39, 0.29) is 11.9 Å². The van der Waals surface area contributed by atoms with Crippen LogP contribution in [0, 0.1) is 0 Å². The Morgan fingerprint density at radius 1 is 1.05 bits per heavy atom. The highest BCUT2D eigenvalue weighted by molar-refractivity contribution is 6.12. The molecule has 1 amide bonds. The Bertz CT molecular complexity index is 1310. The highest BCUT2D eigenvalue weighted by Crippen LogP contribution is 2.32.